The monoisotopic (exact) mass is 728 g/mol. The van der Waals surface area contributed by atoms with Crippen molar-refractivity contribution < 1.29 is 0 Å². The molecule has 0 saturated carbocycles. The van der Waals surface area contributed by atoms with Gasteiger partial charge in [-0.15, -0.1) is 0 Å². The van der Waals surface area contributed by atoms with Gasteiger partial charge in [0.15, 0.2) is 0 Å². The van der Waals surface area contributed by atoms with Gasteiger partial charge < -0.3 is 9.13 Å². The molecular formula is C55H40N2. The Morgan fingerprint density at radius 2 is 0.860 bits per heavy atom. The largest absolute Gasteiger partial charge is 0.307 e. The second kappa shape index (κ2) is 13.5. The highest BCUT2D eigenvalue weighted by Gasteiger charge is 2.22. The molecule has 8 aromatic carbocycles. The van der Waals surface area contributed by atoms with Gasteiger partial charge in [-0.25, -0.2) is 0 Å². The van der Waals surface area contributed by atoms with Crippen molar-refractivity contribution in [3.8, 4) is 44.8 Å². The number of rotatable bonds is 6. The number of nitrogens with zero attached hydrogens (tertiary/aromatic N) is 2. The highest BCUT2D eigenvalue weighted by molar-refractivity contribution is 6.23. The van der Waals surface area contributed by atoms with Gasteiger partial charge in [0.05, 0.1) is 22.1 Å². The molecule has 2 aromatic heterocycles. The van der Waals surface area contributed by atoms with Crippen LogP contribution in [0.15, 0.2) is 206 Å². The Morgan fingerprint density at radius 1 is 0.386 bits per heavy atom. The Bertz CT molecular complexity index is 3210. The zero-order valence-electron chi connectivity index (χ0n) is 31.8. The van der Waals surface area contributed by atoms with Crippen molar-refractivity contribution in [2.24, 2.45) is 5.92 Å². The van der Waals surface area contributed by atoms with Crippen LogP contribution >= 0.6 is 0 Å². The third-order valence-corrected chi connectivity index (χ3v) is 11.8. The number of benzene rings is 8. The fraction of sp³-hybridized carbons (Fsp3) is 0.0545. The Balaban J connectivity index is 1.23. The molecule has 11 rings (SSSR count). The average Bonchev–Trinajstić information content (AvgIpc) is 3.80. The van der Waals surface area contributed by atoms with E-state index in [4.69, 9.17) is 0 Å². The molecule has 0 amide bonds. The Morgan fingerprint density at radius 3 is 1.47 bits per heavy atom. The van der Waals surface area contributed by atoms with Crippen LogP contribution in [-0.4, -0.2) is 9.13 Å². The van der Waals surface area contributed by atoms with Crippen molar-refractivity contribution in [3.05, 3.63) is 212 Å². The maximum Gasteiger partial charge on any atom is 0.0788 e. The van der Waals surface area contributed by atoms with Gasteiger partial charge in [-0.1, -0.05) is 159 Å². The van der Waals surface area contributed by atoms with Crippen molar-refractivity contribution in [1.82, 2.24) is 9.13 Å². The quantitative estimate of drug-likeness (QED) is 0.161. The van der Waals surface area contributed by atoms with E-state index in [9.17, 15) is 0 Å². The zero-order valence-corrected chi connectivity index (χ0v) is 31.8. The van der Waals surface area contributed by atoms with E-state index in [2.05, 4.69) is 222 Å². The van der Waals surface area contributed by atoms with Crippen LogP contribution in [0.25, 0.3) is 93.9 Å². The smallest absolute Gasteiger partial charge is 0.0788 e. The Labute approximate surface area is 332 Å². The van der Waals surface area contributed by atoms with Crippen LogP contribution in [0.2, 0.25) is 0 Å². The summed E-state index contributed by atoms with van der Waals surface area (Å²) in [7, 11) is 0. The molecule has 0 aliphatic heterocycles. The zero-order chi connectivity index (χ0) is 37.9. The maximum atomic E-state index is 2.53. The summed E-state index contributed by atoms with van der Waals surface area (Å²) in [5.74, 6) is 0.527. The minimum absolute atomic E-state index is 0.527. The van der Waals surface area contributed by atoms with Gasteiger partial charge in [0.2, 0.25) is 0 Å². The highest BCUT2D eigenvalue weighted by Crippen LogP contribution is 2.43. The van der Waals surface area contributed by atoms with E-state index in [1.807, 2.05) is 0 Å². The lowest BCUT2D eigenvalue weighted by molar-refractivity contribution is 0.749. The van der Waals surface area contributed by atoms with Crippen molar-refractivity contribution >= 4 is 49.2 Å². The van der Waals surface area contributed by atoms with Gasteiger partial charge in [-0.3, -0.25) is 0 Å². The molecule has 1 atom stereocenters. The summed E-state index contributed by atoms with van der Waals surface area (Å²) in [6, 6.07) is 69.2. The lowest BCUT2D eigenvalue weighted by Gasteiger charge is -2.17. The highest BCUT2D eigenvalue weighted by atomic mass is 15.0. The molecule has 270 valence electrons. The topological polar surface area (TPSA) is 9.86 Å². The molecule has 1 unspecified atom stereocenters. The standard InChI is InChI=1S/C55H40N2/c1-37-15-12-18-39(31-37)41-20-14-22-43(33-41)45-34-44(42-21-13-19-40(32-42)38-16-4-2-5-17-38)35-47(36-45)57-53-28-11-9-26-49(53)51-30-29-50-48-25-8-10-27-52(48)56(54(50)55(51)57)46-23-6-3-7-24-46/h2-30,32-37H,31H2,1H3. The number of para-hydroxylation sites is 3. The van der Waals surface area contributed by atoms with E-state index in [1.54, 1.807) is 0 Å². The average molecular weight is 729 g/mol. The third-order valence-electron chi connectivity index (χ3n) is 11.8. The van der Waals surface area contributed by atoms with Gasteiger partial charge in [-0.05, 0) is 111 Å². The van der Waals surface area contributed by atoms with E-state index in [1.165, 1.54) is 88.1 Å². The Hall–Kier alpha value is -7.16. The number of allylic oxidation sites excluding steroid dienone is 4. The van der Waals surface area contributed by atoms with Gasteiger partial charge >= 0.3 is 0 Å². The van der Waals surface area contributed by atoms with E-state index < -0.39 is 0 Å². The number of aromatic nitrogens is 2. The van der Waals surface area contributed by atoms with E-state index in [-0.39, 0.29) is 0 Å². The van der Waals surface area contributed by atoms with Crippen molar-refractivity contribution in [2.75, 3.05) is 0 Å². The molecule has 1 aliphatic rings. The van der Waals surface area contributed by atoms with Gasteiger partial charge in [-0.2, -0.15) is 0 Å². The number of hydrogen-bond acceptors (Lipinski definition) is 0. The van der Waals surface area contributed by atoms with Crippen LogP contribution in [0.3, 0.4) is 0 Å². The maximum absolute atomic E-state index is 2.53. The van der Waals surface area contributed by atoms with Crippen LogP contribution in [0.5, 0.6) is 0 Å². The third kappa shape index (κ3) is 5.64. The summed E-state index contributed by atoms with van der Waals surface area (Å²) in [5.41, 5.74) is 17.0. The summed E-state index contributed by atoms with van der Waals surface area (Å²) in [6.45, 7) is 2.30. The molecule has 57 heavy (non-hydrogen) atoms. The fourth-order valence-corrected chi connectivity index (χ4v) is 9.15. The lowest BCUT2D eigenvalue weighted by atomic mass is 9.89. The molecule has 2 nitrogen and oxygen atoms in total. The first kappa shape index (κ1) is 33.2. The minimum atomic E-state index is 0.527. The van der Waals surface area contributed by atoms with Crippen LogP contribution in [-0.2, 0) is 0 Å². The number of fused-ring (bicyclic) bond motifs is 7. The van der Waals surface area contributed by atoms with Crippen molar-refractivity contribution in [2.45, 2.75) is 13.3 Å². The summed E-state index contributed by atoms with van der Waals surface area (Å²) in [4.78, 5) is 0. The molecule has 10 aromatic rings. The summed E-state index contributed by atoms with van der Waals surface area (Å²) < 4.78 is 4.99. The van der Waals surface area contributed by atoms with Gasteiger partial charge in [0.25, 0.3) is 0 Å². The normalized spacial score (nSPS) is 14.2. The van der Waals surface area contributed by atoms with E-state index in [0.717, 1.165) is 17.8 Å². The molecule has 0 radical (unpaired) electrons. The predicted octanol–water partition coefficient (Wildman–Crippen LogP) is 14.9. The predicted molar refractivity (Wildman–Crippen MR) is 242 cm³/mol. The lowest BCUT2D eigenvalue weighted by Crippen LogP contribution is -2.00. The summed E-state index contributed by atoms with van der Waals surface area (Å²) in [5, 5.41) is 4.98. The molecule has 0 spiro atoms. The minimum Gasteiger partial charge on any atom is -0.307 e. The van der Waals surface area contributed by atoms with Crippen LogP contribution in [0, 0.1) is 5.92 Å². The number of hydrogen-bond donors (Lipinski definition) is 0. The van der Waals surface area contributed by atoms with Crippen LogP contribution in [0.1, 0.15) is 18.9 Å². The van der Waals surface area contributed by atoms with Crippen molar-refractivity contribution in [3.63, 3.8) is 0 Å². The Kier molecular flexibility index (Phi) is 7.89. The first-order chi connectivity index (χ1) is 28.2. The molecule has 2 heterocycles. The molecule has 1 aliphatic carbocycles. The van der Waals surface area contributed by atoms with Gasteiger partial charge in [0, 0.05) is 32.9 Å². The van der Waals surface area contributed by atoms with E-state index in [0.29, 0.717) is 5.92 Å². The van der Waals surface area contributed by atoms with E-state index >= 15 is 0 Å². The molecule has 0 bridgehead atoms. The molecule has 0 saturated heterocycles. The first-order valence-electron chi connectivity index (χ1n) is 20.0. The molecular weight excluding hydrogens is 689 g/mol. The fourth-order valence-electron chi connectivity index (χ4n) is 9.15. The van der Waals surface area contributed by atoms with Gasteiger partial charge in [0.1, 0.15) is 0 Å². The molecule has 0 fully saturated rings. The second-order valence-corrected chi connectivity index (χ2v) is 15.5. The SMILES string of the molecule is CC1C=CC=C(c2cccc(-c3cc(-c4cccc(-c5ccccc5)c4)cc(-n4c5ccccc5c5ccc6c7ccccc7n(-c7ccccc7)c6c54)c3)c2)C1. The second-order valence-electron chi connectivity index (χ2n) is 15.5. The molecule has 0 N–H and O–H groups in total. The van der Waals surface area contributed by atoms with Crippen molar-refractivity contribution in [1.29, 1.82) is 0 Å². The van der Waals surface area contributed by atoms with Crippen LogP contribution < -0.4 is 0 Å². The molecule has 2 heteroatoms. The summed E-state index contributed by atoms with van der Waals surface area (Å²) in [6.07, 6.45) is 7.84. The van der Waals surface area contributed by atoms with Crippen LogP contribution in [0.4, 0.5) is 0 Å². The first-order valence-corrected chi connectivity index (χ1v) is 20.0. The summed E-state index contributed by atoms with van der Waals surface area (Å²) >= 11 is 0.